The lowest BCUT2D eigenvalue weighted by Gasteiger charge is -2.02. The molecule has 0 N–H and O–H groups in total. The Bertz CT molecular complexity index is 235. The first-order valence-corrected chi connectivity index (χ1v) is 3.49. The van der Waals surface area contributed by atoms with Crippen LogP contribution in [0.3, 0.4) is 0 Å². The Labute approximate surface area is 65.5 Å². The van der Waals surface area contributed by atoms with Crippen molar-refractivity contribution in [3.8, 4) is 0 Å². The van der Waals surface area contributed by atoms with Gasteiger partial charge in [-0.2, -0.15) is 10.2 Å². The summed E-state index contributed by atoms with van der Waals surface area (Å²) >= 11 is 0. The maximum atomic E-state index is 12.8. The second-order valence-corrected chi connectivity index (χ2v) is 2.64. The van der Waals surface area contributed by atoms with Gasteiger partial charge in [0.1, 0.15) is 5.82 Å². The molecular weight excluding hydrogens is 143 g/mol. The lowest BCUT2D eigenvalue weighted by atomic mass is 10.1. The van der Waals surface area contributed by atoms with E-state index in [4.69, 9.17) is 0 Å². The van der Waals surface area contributed by atoms with E-state index in [0.29, 0.717) is 12.1 Å². The van der Waals surface area contributed by atoms with E-state index in [2.05, 4.69) is 17.1 Å². The van der Waals surface area contributed by atoms with Crippen LogP contribution < -0.4 is 0 Å². The fourth-order valence-electron chi connectivity index (χ4n) is 0.814. The molecule has 0 saturated heterocycles. The molecule has 0 amide bonds. The third-order valence-electron chi connectivity index (χ3n) is 1.28. The van der Waals surface area contributed by atoms with Gasteiger partial charge in [0, 0.05) is 0 Å². The van der Waals surface area contributed by atoms with Crippen LogP contribution in [0, 0.1) is 18.7 Å². The van der Waals surface area contributed by atoms with Gasteiger partial charge in [0.05, 0.1) is 11.9 Å². The van der Waals surface area contributed by atoms with Crippen LogP contribution in [-0.4, -0.2) is 10.2 Å². The predicted octanol–water partition coefficient (Wildman–Crippen LogP) is 1.63. The van der Waals surface area contributed by atoms with E-state index in [1.165, 1.54) is 12.3 Å². The normalized spacial score (nSPS) is 10.5. The summed E-state index contributed by atoms with van der Waals surface area (Å²) in [4.78, 5) is 0. The molecule has 1 unspecified atom stereocenters. The molecule has 1 aromatic rings. The summed E-state index contributed by atoms with van der Waals surface area (Å²) in [5.41, 5.74) is 0.398. The fraction of sp³-hybridized carbons (Fsp3) is 0.375. The van der Waals surface area contributed by atoms with Crippen molar-refractivity contribution in [1.82, 2.24) is 10.2 Å². The molecule has 1 aromatic heterocycles. The molecule has 59 valence electrons. The molecule has 0 aromatic carbocycles. The van der Waals surface area contributed by atoms with Gasteiger partial charge in [0.15, 0.2) is 0 Å². The second kappa shape index (κ2) is 3.42. The minimum atomic E-state index is -0.296. The van der Waals surface area contributed by atoms with Crippen LogP contribution in [0.5, 0.6) is 0 Å². The van der Waals surface area contributed by atoms with Crippen molar-refractivity contribution < 1.29 is 4.39 Å². The highest BCUT2D eigenvalue weighted by molar-refractivity contribution is 5.03. The van der Waals surface area contributed by atoms with Gasteiger partial charge in [-0.05, 0) is 18.4 Å². The van der Waals surface area contributed by atoms with Crippen molar-refractivity contribution in [3.05, 3.63) is 30.7 Å². The minimum Gasteiger partial charge on any atom is -0.205 e. The Balaban J connectivity index is 2.78. The van der Waals surface area contributed by atoms with Crippen molar-refractivity contribution >= 4 is 0 Å². The second-order valence-electron chi connectivity index (χ2n) is 2.64. The first-order chi connectivity index (χ1) is 5.20. The molecule has 1 rings (SSSR count). The van der Waals surface area contributed by atoms with E-state index in [0.717, 1.165) is 0 Å². The van der Waals surface area contributed by atoms with Crippen LogP contribution in [0.1, 0.15) is 12.6 Å². The van der Waals surface area contributed by atoms with Crippen molar-refractivity contribution in [2.45, 2.75) is 13.3 Å². The van der Waals surface area contributed by atoms with Crippen LogP contribution >= 0.6 is 0 Å². The van der Waals surface area contributed by atoms with Crippen molar-refractivity contribution in [2.24, 2.45) is 5.92 Å². The minimum absolute atomic E-state index is 0.168. The number of hydrogen-bond acceptors (Lipinski definition) is 2. The molecule has 0 spiro atoms. The fourth-order valence-corrected chi connectivity index (χ4v) is 0.814. The predicted molar refractivity (Wildman–Crippen MR) is 40.2 cm³/mol. The topological polar surface area (TPSA) is 25.8 Å². The van der Waals surface area contributed by atoms with E-state index >= 15 is 0 Å². The molecule has 1 heterocycles. The number of hydrogen-bond donors (Lipinski definition) is 0. The molecule has 1 atom stereocenters. The average molecular weight is 153 g/mol. The molecule has 0 aliphatic rings. The summed E-state index contributed by atoms with van der Waals surface area (Å²) in [5.74, 6) is -0.128. The Hall–Kier alpha value is -0.990. The standard InChI is InChI=1S/C8H10FN2/c1-6(2)5-8-7(9)3-4-10-11-8/h3-4,6H,1,5H2,2H3. The van der Waals surface area contributed by atoms with Gasteiger partial charge in [-0.1, -0.05) is 13.8 Å². The lowest BCUT2D eigenvalue weighted by molar-refractivity contribution is 0.567. The van der Waals surface area contributed by atoms with Crippen LogP contribution in [-0.2, 0) is 6.42 Å². The Morgan fingerprint density at radius 3 is 3.00 bits per heavy atom. The quantitative estimate of drug-likeness (QED) is 0.645. The van der Waals surface area contributed by atoms with Gasteiger partial charge in [-0.3, -0.25) is 0 Å². The zero-order chi connectivity index (χ0) is 8.27. The number of rotatable bonds is 2. The maximum Gasteiger partial charge on any atom is 0.148 e. The van der Waals surface area contributed by atoms with Crippen LogP contribution in [0.15, 0.2) is 12.3 Å². The highest BCUT2D eigenvalue weighted by Gasteiger charge is 2.04. The number of nitrogens with zero attached hydrogens (tertiary/aromatic N) is 2. The summed E-state index contributed by atoms with van der Waals surface area (Å²) < 4.78 is 12.8. The Morgan fingerprint density at radius 1 is 1.73 bits per heavy atom. The molecule has 0 fully saturated rings. The smallest absolute Gasteiger partial charge is 0.148 e. The van der Waals surface area contributed by atoms with Crippen molar-refractivity contribution in [2.75, 3.05) is 0 Å². The van der Waals surface area contributed by atoms with E-state index in [-0.39, 0.29) is 11.7 Å². The largest absolute Gasteiger partial charge is 0.205 e. The molecule has 3 heteroatoms. The zero-order valence-corrected chi connectivity index (χ0v) is 6.42. The van der Waals surface area contributed by atoms with Crippen LogP contribution in [0.2, 0.25) is 0 Å². The van der Waals surface area contributed by atoms with Gasteiger partial charge < -0.3 is 0 Å². The van der Waals surface area contributed by atoms with Crippen LogP contribution in [0.4, 0.5) is 4.39 Å². The summed E-state index contributed by atoms with van der Waals surface area (Å²) in [5, 5.41) is 7.23. The highest BCUT2D eigenvalue weighted by atomic mass is 19.1. The molecule has 0 bridgehead atoms. The summed E-state index contributed by atoms with van der Waals surface area (Å²) in [6.07, 6.45) is 1.88. The lowest BCUT2D eigenvalue weighted by Crippen LogP contribution is -2.01. The Morgan fingerprint density at radius 2 is 2.45 bits per heavy atom. The molecule has 0 aliphatic heterocycles. The summed E-state index contributed by atoms with van der Waals surface area (Å²) in [7, 11) is 0. The van der Waals surface area contributed by atoms with E-state index in [9.17, 15) is 4.39 Å². The van der Waals surface area contributed by atoms with Crippen molar-refractivity contribution in [1.29, 1.82) is 0 Å². The van der Waals surface area contributed by atoms with Gasteiger partial charge in [-0.15, -0.1) is 0 Å². The Kier molecular flexibility index (Phi) is 2.52. The first-order valence-electron chi connectivity index (χ1n) is 3.49. The van der Waals surface area contributed by atoms with E-state index < -0.39 is 0 Å². The highest BCUT2D eigenvalue weighted by Crippen LogP contribution is 2.07. The molecule has 11 heavy (non-hydrogen) atoms. The maximum absolute atomic E-state index is 12.8. The summed E-state index contributed by atoms with van der Waals surface area (Å²) in [6.45, 7) is 5.65. The number of halogens is 1. The molecule has 2 nitrogen and oxygen atoms in total. The third kappa shape index (κ3) is 2.26. The third-order valence-corrected chi connectivity index (χ3v) is 1.28. The zero-order valence-electron chi connectivity index (χ0n) is 6.42. The summed E-state index contributed by atoms with van der Waals surface area (Å²) in [6, 6.07) is 1.31. The van der Waals surface area contributed by atoms with E-state index in [1.807, 2.05) is 6.92 Å². The van der Waals surface area contributed by atoms with Gasteiger partial charge >= 0.3 is 0 Å². The van der Waals surface area contributed by atoms with Crippen molar-refractivity contribution in [3.63, 3.8) is 0 Å². The SMILES string of the molecule is [CH2]C(C)Cc1nnccc1F. The average Bonchev–Trinajstić information content (AvgIpc) is 1.93. The monoisotopic (exact) mass is 153 g/mol. The number of aromatic nitrogens is 2. The molecule has 1 radical (unpaired) electrons. The molecule has 0 saturated carbocycles. The van der Waals surface area contributed by atoms with E-state index in [1.54, 1.807) is 0 Å². The molecule has 0 aliphatic carbocycles. The van der Waals surface area contributed by atoms with Gasteiger partial charge in [-0.25, -0.2) is 4.39 Å². The first kappa shape index (κ1) is 8.11. The van der Waals surface area contributed by atoms with Crippen LogP contribution in [0.25, 0.3) is 0 Å². The molecular formula is C8H10FN2. The van der Waals surface area contributed by atoms with Gasteiger partial charge in [0.2, 0.25) is 0 Å². The van der Waals surface area contributed by atoms with Gasteiger partial charge in [0.25, 0.3) is 0 Å².